The number of aromatic nitrogens is 4. The lowest BCUT2D eigenvalue weighted by Gasteiger charge is -2.07. The minimum Gasteiger partial charge on any atom is -0.308 e. The number of anilines is 1. The summed E-state index contributed by atoms with van der Waals surface area (Å²) in [7, 11) is 0. The van der Waals surface area contributed by atoms with Crippen molar-refractivity contribution in [2.24, 2.45) is 5.84 Å². The number of nitrogen functional groups attached to an aromatic ring is 1. The van der Waals surface area contributed by atoms with Crippen molar-refractivity contribution in [2.75, 3.05) is 5.43 Å². The van der Waals surface area contributed by atoms with E-state index in [0.29, 0.717) is 16.7 Å². The first-order valence-electron chi connectivity index (χ1n) is 5.60. The second-order valence-corrected chi connectivity index (χ2v) is 5.29. The standard InChI is InChI=1S/C11H9ClN6OS/c12-6-3-14-11(19)18(4-6)5-8-15-9(17-13)7-1-2-20-10(7)16-8/h1-4H,5,13H2,(H,15,16,17). The van der Waals surface area contributed by atoms with Crippen molar-refractivity contribution in [1.82, 2.24) is 19.5 Å². The van der Waals surface area contributed by atoms with Crippen LogP contribution in [0.2, 0.25) is 5.02 Å². The highest BCUT2D eigenvalue weighted by atomic mass is 35.5. The number of nitrogens with two attached hydrogens (primary N) is 1. The van der Waals surface area contributed by atoms with Crippen molar-refractivity contribution in [2.45, 2.75) is 6.54 Å². The molecule has 0 aliphatic heterocycles. The number of hydrogen-bond acceptors (Lipinski definition) is 7. The van der Waals surface area contributed by atoms with Gasteiger partial charge in [0.25, 0.3) is 0 Å². The van der Waals surface area contributed by atoms with E-state index in [9.17, 15) is 4.79 Å². The SMILES string of the molecule is NNc1nc(Cn2cc(Cl)cnc2=O)nc2sccc12. The van der Waals surface area contributed by atoms with Crippen LogP contribution >= 0.6 is 22.9 Å². The van der Waals surface area contributed by atoms with Gasteiger partial charge in [-0.2, -0.15) is 0 Å². The zero-order valence-electron chi connectivity index (χ0n) is 10.1. The molecule has 0 fully saturated rings. The molecule has 0 aromatic carbocycles. The Labute approximate surface area is 122 Å². The van der Waals surface area contributed by atoms with E-state index in [4.69, 9.17) is 17.4 Å². The molecule has 3 aromatic heterocycles. The van der Waals surface area contributed by atoms with Crippen molar-refractivity contribution in [3.63, 3.8) is 0 Å². The van der Waals surface area contributed by atoms with Crippen molar-refractivity contribution in [3.05, 3.63) is 45.2 Å². The molecule has 102 valence electrons. The second kappa shape index (κ2) is 5.16. The second-order valence-electron chi connectivity index (χ2n) is 3.95. The smallest absolute Gasteiger partial charge is 0.308 e. The van der Waals surface area contributed by atoms with Gasteiger partial charge in [-0.15, -0.1) is 11.3 Å². The molecule has 0 amide bonds. The van der Waals surface area contributed by atoms with E-state index in [2.05, 4.69) is 20.4 Å². The van der Waals surface area contributed by atoms with Crippen LogP contribution in [0.4, 0.5) is 5.82 Å². The first-order valence-corrected chi connectivity index (χ1v) is 6.86. The summed E-state index contributed by atoms with van der Waals surface area (Å²) in [6.07, 6.45) is 2.80. The van der Waals surface area contributed by atoms with E-state index < -0.39 is 5.69 Å². The van der Waals surface area contributed by atoms with Crippen molar-refractivity contribution in [3.8, 4) is 0 Å². The minimum absolute atomic E-state index is 0.176. The van der Waals surface area contributed by atoms with E-state index in [1.165, 1.54) is 28.3 Å². The van der Waals surface area contributed by atoms with Gasteiger partial charge in [0, 0.05) is 6.20 Å². The molecular weight excluding hydrogens is 300 g/mol. The first-order chi connectivity index (χ1) is 9.67. The Kier molecular flexibility index (Phi) is 3.35. The monoisotopic (exact) mass is 308 g/mol. The Morgan fingerprint density at radius 2 is 2.30 bits per heavy atom. The van der Waals surface area contributed by atoms with Crippen LogP contribution in [0.5, 0.6) is 0 Å². The van der Waals surface area contributed by atoms with Gasteiger partial charge in [0.1, 0.15) is 4.83 Å². The molecule has 7 nitrogen and oxygen atoms in total. The highest BCUT2D eigenvalue weighted by molar-refractivity contribution is 7.16. The lowest BCUT2D eigenvalue weighted by molar-refractivity contribution is 0.695. The molecule has 0 saturated heterocycles. The fourth-order valence-electron chi connectivity index (χ4n) is 1.77. The lowest BCUT2D eigenvalue weighted by atomic mass is 10.4. The van der Waals surface area contributed by atoms with Crippen LogP contribution in [0.15, 0.2) is 28.6 Å². The number of halogens is 1. The normalized spacial score (nSPS) is 10.9. The molecule has 0 aliphatic rings. The molecule has 20 heavy (non-hydrogen) atoms. The Balaban J connectivity index is 2.06. The van der Waals surface area contributed by atoms with Crippen LogP contribution in [0.3, 0.4) is 0 Å². The van der Waals surface area contributed by atoms with Crippen LogP contribution in [-0.2, 0) is 6.54 Å². The summed E-state index contributed by atoms with van der Waals surface area (Å²) in [6, 6.07) is 1.88. The van der Waals surface area contributed by atoms with Crippen LogP contribution < -0.4 is 17.0 Å². The topological polar surface area (TPSA) is 98.7 Å². The number of nitrogens with one attached hydrogen (secondary N) is 1. The van der Waals surface area contributed by atoms with Gasteiger partial charge in [0.15, 0.2) is 11.6 Å². The highest BCUT2D eigenvalue weighted by Gasteiger charge is 2.09. The highest BCUT2D eigenvalue weighted by Crippen LogP contribution is 2.24. The summed E-state index contributed by atoms with van der Waals surface area (Å²) in [5.41, 5.74) is 2.12. The number of hydrogen-bond donors (Lipinski definition) is 2. The van der Waals surface area contributed by atoms with Gasteiger partial charge >= 0.3 is 5.69 Å². The summed E-state index contributed by atoms with van der Waals surface area (Å²) >= 11 is 7.30. The van der Waals surface area contributed by atoms with Crippen LogP contribution in [0.1, 0.15) is 5.82 Å². The van der Waals surface area contributed by atoms with Gasteiger partial charge < -0.3 is 5.43 Å². The minimum atomic E-state index is -0.411. The number of hydrazine groups is 1. The zero-order chi connectivity index (χ0) is 14.1. The maximum Gasteiger partial charge on any atom is 0.348 e. The van der Waals surface area contributed by atoms with E-state index in [1.54, 1.807) is 0 Å². The van der Waals surface area contributed by atoms with E-state index in [1.807, 2.05) is 11.4 Å². The maximum absolute atomic E-state index is 11.6. The summed E-state index contributed by atoms with van der Waals surface area (Å²) < 4.78 is 1.34. The van der Waals surface area contributed by atoms with Crippen LogP contribution in [0, 0.1) is 0 Å². The molecular formula is C11H9ClN6OS. The molecule has 3 rings (SSSR count). The van der Waals surface area contributed by atoms with E-state index in [0.717, 1.165) is 10.2 Å². The van der Waals surface area contributed by atoms with Crippen LogP contribution in [0.25, 0.3) is 10.2 Å². The van der Waals surface area contributed by atoms with Gasteiger partial charge in [0.2, 0.25) is 0 Å². The number of nitrogens with zero attached hydrogens (tertiary/aromatic N) is 4. The fraction of sp³-hybridized carbons (Fsp3) is 0.0909. The molecule has 0 aliphatic carbocycles. The van der Waals surface area contributed by atoms with Crippen molar-refractivity contribution >= 4 is 39.0 Å². The van der Waals surface area contributed by atoms with E-state index in [-0.39, 0.29) is 6.54 Å². The molecule has 0 bridgehead atoms. The van der Waals surface area contributed by atoms with Gasteiger partial charge in [-0.25, -0.2) is 25.6 Å². The largest absolute Gasteiger partial charge is 0.348 e. The van der Waals surface area contributed by atoms with Crippen LogP contribution in [-0.4, -0.2) is 19.5 Å². The quantitative estimate of drug-likeness (QED) is 0.558. The van der Waals surface area contributed by atoms with Gasteiger partial charge in [-0.05, 0) is 11.4 Å². The maximum atomic E-state index is 11.6. The number of thiophene rings is 1. The average Bonchev–Trinajstić information content (AvgIpc) is 2.90. The van der Waals surface area contributed by atoms with Crippen molar-refractivity contribution in [1.29, 1.82) is 0 Å². The summed E-state index contributed by atoms with van der Waals surface area (Å²) in [6.45, 7) is 0.176. The Bertz CT molecular complexity index is 829. The third-order valence-corrected chi connectivity index (χ3v) is 3.64. The average molecular weight is 309 g/mol. The fourth-order valence-corrected chi connectivity index (χ4v) is 2.72. The first kappa shape index (κ1) is 13.0. The van der Waals surface area contributed by atoms with Gasteiger partial charge in [0.05, 0.1) is 23.2 Å². The van der Waals surface area contributed by atoms with Gasteiger partial charge in [-0.3, -0.25) is 4.57 Å². The van der Waals surface area contributed by atoms with Crippen molar-refractivity contribution < 1.29 is 0 Å². The lowest BCUT2D eigenvalue weighted by Crippen LogP contribution is -2.23. The molecule has 0 unspecified atom stereocenters. The molecule has 3 heterocycles. The Morgan fingerprint density at radius 3 is 3.10 bits per heavy atom. The molecule has 3 aromatic rings. The van der Waals surface area contributed by atoms with Gasteiger partial charge in [-0.1, -0.05) is 11.6 Å². The molecule has 0 saturated carbocycles. The predicted molar refractivity (Wildman–Crippen MR) is 77.8 cm³/mol. The third-order valence-electron chi connectivity index (χ3n) is 2.64. The summed E-state index contributed by atoms with van der Waals surface area (Å²) in [5, 5.41) is 3.12. The predicted octanol–water partition coefficient (Wildman–Crippen LogP) is 1.24. The molecule has 9 heteroatoms. The molecule has 0 atom stereocenters. The number of rotatable bonds is 3. The molecule has 0 spiro atoms. The summed E-state index contributed by atoms with van der Waals surface area (Å²) in [4.78, 5) is 24.8. The number of fused-ring (bicyclic) bond motifs is 1. The zero-order valence-corrected chi connectivity index (χ0v) is 11.6. The summed E-state index contributed by atoms with van der Waals surface area (Å²) in [5.74, 6) is 6.43. The van der Waals surface area contributed by atoms with E-state index >= 15 is 0 Å². The Hall–Kier alpha value is -2.03. The Morgan fingerprint density at radius 1 is 1.45 bits per heavy atom. The molecule has 0 radical (unpaired) electrons. The third kappa shape index (κ3) is 2.36. The molecule has 3 N–H and O–H groups in total.